The lowest BCUT2D eigenvalue weighted by Crippen LogP contribution is -2.39. The largest absolute Gasteiger partial charge is 0.347 e. The summed E-state index contributed by atoms with van der Waals surface area (Å²) in [5.41, 5.74) is 0. The first-order chi connectivity index (χ1) is 6.24. The third kappa shape index (κ3) is 1.89. The van der Waals surface area contributed by atoms with Crippen molar-refractivity contribution in [2.75, 3.05) is 0 Å². The Morgan fingerprint density at radius 3 is 2.69 bits per heavy atom. The van der Waals surface area contributed by atoms with Crippen LogP contribution in [0, 0.1) is 0 Å². The molecule has 0 radical (unpaired) electrons. The monoisotopic (exact) mass is 188 g/mol. The maximum Gasteiger partial charge on any atom is 0.169 e. The van der Waals surface area contributed by atoms with Crippen molar-refractivity contribution >= 4 is 0 Å². The lowest BCUT2D eigenvalue weighted by Gasteiger charge is -2.37. The van der Waals surface area contributed by atoms with Gasteiger partial charge in [0.25, 0.3) is 0 Å². The van der Waals surface area contributed by atoms with E-state index in [0.29, 0.717) is 12.2 Å². The van der Waals surface area contributed by atoms with E-state index in [0.717, 1.165) is 19.3 Å². The van der Waals surface area contributed by atoms with E-state index < -0.39 is 0 Å². The molecule has 2 heterocycles. The Bertz CT molecular complexity index is 181. The van der Waals surface area contributed by atoms with Crippen LogP contribution < -0.4 is 0 Å². The summed E-state index contributed by atoms with van der Waals surface area (Å²) in [7, 11) is 0. The van der Waals surface area contributed by atoms with Crippen LogP contribution in [0.3, 0.4) is 0 Å². The molecule has 2 aliphatic heterocycles. The minimum absolute atomic E-state index is 0.182. The summed E-state index contributed by atoms with van der Waals surface area (Å²) in [5, 5.41) is 0. The van der Waals surface area contributed by atoms with E-state index in [4.69, 9.17) is 9.47 Å². The van der Waals surface area contributed by atoms with Crippen LogP contribution in [0.5, 0.6) is 0 Å². The van der Waals surface area contributed by atoms with Gasteiger partial charge in [-0.15, -0.1) is 0 Å². The van der Waals surface area contributed by atoms with Crippen molar-refractivity contribution in [1.82, 2.24) is 0 Å². The predicted molar refractivity (Wildman–Crippen MR) is 51.5 cm³/mol. The number of hydrogen-bond acceptors (Lipinski definition) is 2. The summed E-state index contributed by atoms with van der Waals surface area (Å²) >= 11 is 0. The smallest absolute Gasteiger partial charge is 0.169 e. The number of ether oxygens (including phenoxy) is 2. The zero-order valence-electron chi connectivity index (χ0n) is 8.71. The van der Waals surface area contributed by atoms with Crippen LogP contribution in [0.1, 0.15) is 52.4 Å². The van der Waals surface area contributed by atoms with Crippen LogP contribution in [0.2, 0.25) is 0 Å². The molecule has 76 valence electrons. The third-order valence-electron chi connectivity index (χ3n) is 3.27. The van der Waals surface area contributed by atoms with Crippen molar-refractivity contribution in [3.63, 3.8) is 0 Å². The quantitative estimate of drug-likeness (QED) is 0.589. The first-order valence-corrected chi connectivity index (χ1v) is 5.60. The SMILES string of the molecule is CC[C@H]1CC[C@@]2(CCC[C@H](C)[18O]2)[18O]1. The molecule has 0 aliphatic carbocycles. The molecule has 2 heteroatoms. The molecular formula is C11H20O2. The van der Waals surface area contributed by atoms with Gasteiger partial charge in [-0.1, -0.05) is 6.92 Å². The van der Waals surface area contributed by atoms with Crippen molar-refractivity contribution in [3.05, 3.63) is 0 Å². The van der Waals surface area contributed by atoms with Crippen molar-refractivity contribution in [1.29, 1.82) is 0 Å². The average Bonchev–Trinajstić information content (AvgIpc) is 2.48. The minimum atomic E-state index is -0.182. The van der Waals surface area contributed by atoms with E-state index in [9.17, 15) is 0 Å². The highest BCUT2D eigenvalue weighted by Crippen LogP contribution is 2.40. The normalized spacial score (nSPS) is 45.7. The maximum absolute atomic E-state index is 5.99. The van der Waals surface area contributed by atoms with Crippen LogP contribution in [0.4, 0.5) is 0 Å². The van der Waals surface area contributed by atoms with E-state index >= 15 is 0 Å². The lowest BCUT2D eigenvalue weighted by molar-refractivity contribution is -0.266. The summed E-state index contributed by atoms with van der Waals surface area (Å²) in [6.07, 6.45) is 7.82. The number of rotatable bonds is 1. The Morgan fingerprint density at radius 1 is 1.23 bits per heavy atom. The van der Waals surface area contributed by atoms with Gasteiger partial charge in [-0.05, 0) is 32.6 Å². The van der Waals surface area contributed by atoms with Crippen LogP contribution in [-0.4, -0.2) is 18.0 Å². The van der Waals surface area contributed by atoms with Crippen molar-refractivity contribution in [2.45, 2.75) is 70.4 Å². The van der Waals surface area contributed by atoms with Gasteiger partial charge in [0.2, 0.25) is 0 Å². The third-order valence-corrected chi connectivity index (χ3v) is 3.27. The summed E-state index contributed by atoms with van der Waals surface area (Å²) in [4.78, 5) is 0. The van der Waals surface area contributed by atoms with Gasteiger partial charge >= 0.3 is 0 Å². The molecule has 0 saturated carbocycles. The molecule has 13 heavy (non-hydrogen) atoms. The minimum Gasteiger partial charge on any atom is -0.347 e. The molecule has 0 aromatic carbocycles. The van der Waals surface area contributed by atoms with Gasteiger partial charge in [-0.3, -0.25) is 0 Å². The molecule has 2 nitrogen and oxygen atoms in total. The second kappa shape index (κ2) is 3.58. The Balaban J connectivity index is 1.97. The predicted octanol–water partition coefficient (Wildman–Crippen LogP) is 2.86. The van der Waals surface area contributed by atoms with Crippen LogP contribution in [0.25, 0.3) is 0 Å². The first-order valence-electron chi connectivity index (χ1n) is 5.60. The molecule has 0 aromatic rings. The Kier molecular flexibility index (Phi) is 2.61. The Labute approximate surface area is 80.6 Å². The highest BCUT2D eigenvalue weighted by molar-refractivity contribution is 4.84. The molecule has 1 spiro atoms. The van der Waals surface area contributed by atoms with Crippen LogP contribution >= 0.6 is 0 Å². The lowest BCUT2D eigenvalue weighted by atomic mass is 10.0. The molecule has 0 bridgehead atoms. The molecule has 0 aromatic heterocycles. The average molecular weight is 188 g/mol. The summed E-state index contributed by atoms with van der Waals surface area (Å²) < 4.78 is 11.9. The molecule has 0 N–H and O–H groups in total. The molecular weight excluding hydrogens is 168 g/mol. The standard InChI is InChI=1S/C11H20O2/c1-3-10-6-8-11(13-10)7-4-5-9(2)12-11/h9-10H,3-8H2,1-2H3/t9-,10-,11+/m0/s1/i12+2,13+2. The summed E-state index contributed by atoms with van der Waals surface area (Å²) in [6, 6.07) is 0. The molecule has 2 fully saturated rings. The fraction of sp³-hybridized carbons (Fsp3) is 1.00. The van der Waals surface area contributed by atoms with E-state index in [2.05, 4.69) is 13.8 Å². The topological polar surface area (TPSA) is 18.5 Å². The van der Waals surface area contributed by atoms with E-state index in [1.165, 1.54) is 19.3 Å². The molecule has 0 amide bonds. The Hall–Kier alpha value is -0.0800. The van der Waals surface area contributed by atoms with Gasteiger partial charge in [0, 0.05) is 12.8 Å². The molecule has 2 saturated heterocycles. The number of hydrogen-bond donors (Lipinski definition) is 0. The zero-order chi connectivity index (χ0) is 9.31. The second-order valence-electron chi connectivity index (χ2n) is 4.42. The molecule has 2 aliphatic rings. The highest BCUT2D eigenvalue weighted by Gasteiger charge is 2.43. The van der Waals surface area contributed by atoms with Crippen molar-refractivity contribution < 1.29 is 9.47 Å². The molecule has 2 rings (SSSR count). The fourth-order valence-electron chi connectivity index (χ4n) is 2.50. The van der Waals surface area contributed by atoms with Crippen LogP contribution in [-0.2, 0) is 9.47 Å². The van der Waals surface area contributed by atoms with Crippen LogP contribution in [0.15, 0.2) is 0 Å². The second-order valence-corrected chi connectivity index (χ2v) is 4.42. The summed E-state index contributed by atoms with van der Waals surface area (Å²) in [6.45, 7) is 4.35. The van der Waals surface area contributed by atoms with E-state index in [-0.39, 0.29) is 5.79 Å². The van der Waals surface area contributed by atoms with Crippen molar-refractivity contribution in [3.8, 4) is 0 Å². The fourth-order valence-corrected chi connectivity index (χ4v) is 2.50. The zero-order valence-corrected chi connectivity index (χ0v) is 8.71. The van der Waals surface area contributed by atoms with E-state index in [1.807, 2.05) is 0 Å². The van der Waals surface area contributed by atoms with Gasteiger partial charge in [-0.2, -0.15) is 0 Å². The highest BCUT2D eigenvalue weighted by atomic mass is 18.5. The van der Waals surface area contributed by atoms with Gasteiger partial charge in [-0.25, -0.2) is 0 Å². The van der Waals surface area contributed by atoms with Gasteiger partial charge in [0.15, 0.2) is 5.79 Å². The van der Waals surface area contributed by atoms with Gasteiger partial charge < -0.3 is 9.47 Å². The van der Waals surface area contributed by atoms with Crippen molar-refractivity contribution in [2.24, 2.45) is 0 Å². The molecule has 0 unspecified atom stereocenters. The first kappa shape index (κ1) is 9.47. The Morgan fingerprint density at radius 2 is 2.08 bits per heavy atom. The molecule has 3 atom stereocenters. The van der Waals surface area contributed by atoms with E-state index in [1.54, 1.807) is 0 Å². The van der Waals surface area contributed by atoms with Gasteiger partial charge in [0.1, 0.15) is 0 Å². The summed E-state index contributed by atoms with van der Waals surface area (Å²) in [5.74, 6) is -0.182. The van der Waals surface area contributed by atoms with Gasteiger partial charge in [0.05, 0.1) is 12.2 Å². The maximum atomic E-state index is 5.99.